The Morgan fingerprint density at radius 3 is 1.86 bits per heavy atom. The fourth-order valence-corrected chi connectivity index (χ4v) is 12.9. The van der Waals surface area contributed by atoms with E-state index in [1.165, 1.54) is 103 Å². The maximum absolute atomic E-state index is 5.32. The molecule has 0 nitrogen and oxygen atoms in total. The van der Waals surface area contributed by atoms with Gasteiger partial charge in [0.1, 0.15) is 0 Å². The molecular weight excluding hydrogens is 725 g/mol. The first-order valence-electron chi connectivity index (χ1n) is 19.9. The average molecular weight is 759 g/mol. The van der Waals surface area contributed by atoms with Gasteiger partial charge in [-0.2, -0.15) is 0 Å². The van der Waals surface area contributed by atoms with Crippen molar-refractivity contribution in [2.24, 2.45) is 0 Å². The Morgan fingerprint density at radius 2 is 1.07 bits per heavy atom. The number of rotatable bonds is 3. The van der Waals surface area contributed by atoms with Gasteiger partial charge in [0.05, 0.1) is 5.41 Å². The highest BCUT2D eigenvalue weighted by Crippen LogP contribution is 2.69. The molecule has 266 valence electrons. The second-order valence-corrected chi connectivity index (χ2v) is 17.5. The first kappa shape index (κ1) is 32.0. The predicted molar refractivity (Wildman–Crippen MR) is 246 cm³/mol. The number of allylic oxidation sites excluding steroid dienone is 1. The molecule has 0 amide bonds. The lowest BCUT2D eigenvalue weighted by Gasteiger charge is -2.38. The molecule has 0 saturated heterocycles. The van der Waals surface area contributed by atoms with Gasteiger partial charge in [0.15, 0.2) is 0 Å². The van der Waals surface area contributed by atoms with Crippen molar-refractivity contribution in [1.29, 1.82) is 0 Å². The van der Waals surface area contributed by atoms with Crippen LogP contribution in [0.2, 0.25) is 0 Å². The molecule has 13 rings (SSSR count). The minimum atomic E-state index is -0.378. The van der Waals surface area contributed by atoms with E-state index in [-0.39, 0.29) is 11.3 Å². The van der Waals surface area contributed by atoms with Crippen LogP contribution in [0.1, 0.15) is 45.7 Å². The van der Waals surface area contributed by atoms with Crippen LogP contribution < -0.4 is 0 Å². The van der Waals surface area contributed by atoms with Gasteiger partial charge in [-0.15, -0.1) is 24.0 Å². The van der Waals surface area contributed by atoms with E-state index in [2.05, 4.69) is 182 Å². The molecule has 0 aliphatic heterocycles. The summed E-state index contributed by atoms with van der Waals surface area (Å²) in [5.41, 5.74) is 17.0. The summed E-state index contributed by atoms with van der Waals surface area (Å²) < 4.78 is 2.73. The first-order chi connectivity index (χ1) is 28.2. The zero-order valence-electron chi connectivity index (χ0n) is 31.0. The molecule has 3 aliphatic carbocycles. The van der Waals surface area contributed by atoms with Gasteiger partial charge in [-0.1, -0.05) is 164 Å². The van der Waals surface area contributed by atoms with E-state index in [4.69, 9.17) is 12.6 Å². The van der Waals surface area contributed by atoms with Crippen molar-refractivity contribution < 1.29 is 0 Å². The molecule has 0 bridgehead atoms. The van der Waals surface area contributed by atoms with Crippen LogP contribution in [0.3, 0.4) is 0 Å². The Labute approximate surface area is 340 Å². The summed E-state index contributed by atoms with van der Waals surface area (Å²) in [6.45, 7) is 0. The van der Waals surface area contributed by atoms with Gasteiger partial charge in [0, 0.05) is 31.0 Å². The second kappa shape index (κ2) is 11.7. The van der Waals surface area contributed by atoms with E-state index in [0.717, 1.165) is 22.4 Å². The van der Waals surface area contributed by atoms with Crippen LogP contribution in [0, 0.1) is 0 Å². The lowest BCUT2D eigenvalue weighted by Crippen LogP contribution is -2.32. The van der Waals surface area contributed by atoms with Gasteiger partial charge in [0.2, 0.25) is 0 Å². The summed E-state index contributed by atoms with van der Waals surface area (Å²) in [4.78, 5) is 1.01. The van der Waals surface area contributed by atoms with Crippen LogP contribution in [0.5, 0.6) is 0 Å². The minimum Gasteiger partial charge on any atom is -0.142 e. The monoisotopic (exact) mass is 758 g/mol. The van der Waals surface area contributed by atoms with Gasteiger partial charge in [-0.3, -0.25) is 0 Å². The highest BCUT2D eigenvalue weighted by Gasteiger charge is 2.56. The number of benzene rings is 9. The normalized spacial score (nSPS) is 15.8. The molecule has 1 spiro atoms. The zero-order chi connectivity index (χ0) is 37.4. The topological polar surface area (TPSA) is 0 Å². The summed E-state index contributed by atoms with van der Waals surface area (Å²) in [7, 11) is 0. The number of thiol groups is 1. The molecule has 1 atom stereocenters. The number of thiophene rings is 1. The van der Waals surface area contributed by atoms with Gasteiger partial charge in [-0.05, 0) is 118 Å². The van der Waals surface area contributed by atoms with Crippen molar-refractivity contribution >= 4 is 77.3 Å². The number of hydrogen-bond donors (Lipinski definition) is 1. The lowest BCUT2D eigenvalue weighted by atomic mass is 9.63. The molecule has 57 heavy (non-hydrogen) atoms. The third kappa shape index (κ3) is 4.14. The largest absolute Gasteiger partial charge is 0.142 e. The molecule has 3 aliphatic rings. The van der Waals surface area contributed by atoms with E-state index in [0.29, 0.717) is 0 Å². The first-order valence-corrected chi connectivity index (χ1v) is 21.2. The maximum atomic E-state index is 5.32. The third-order valence-electron chi connectivity index (χ3n) is 13.4. The minimum absolute atomic E-state index is 0.199. The van der Waals surface area contributed by atoms with E-state index in [1.807, 2.05) is 11.3 Å². The quantitative estimate of drug-likeness (QED) is 0.135. The fourth-order valence-electron chi connectivity index (χ4n) is 11.2. The van der Waals surface area contributed by atoms with Crippen molar-refractivity contribution in [3.05, 3.63) is 209 Å². The standard InChI is InChI=1S/C55H34S2/c56-53-35(32-14-2-1-3-15-32)21-12-22-36(53)33-28-44-38-16-4-5-17-39(38)45-29-34(37-23-13-24-43-42-20-8-11-27-50(42)57-54(37)43)31-49-52(45)51(44)48(30-33)55(49)46-25-9-6-18-40(46)41-19-7-10-26-47(41)55/h1-30,49,56H,31H2. The molecule has 10 aromatic rings. The predicted octanol–water partition coefficient (Wildman–Crippen LogP) is 15.3. The molecular formula is C55H34S2. The molecule has 0 saturated carbocycles. The highest BCUT2D eigenvalue weighted by atomic mass is 32.1. The van der Waals surface area contributed by atoms with E-state index in [9.17, 15) is 0 Å². The van der Waals surface area contributed by atoms with Crippen LogP contribution in [-0.4, -0.2) is 0 Å². The smallest absolute Gasteiger partial charge is 0.0541 e. The Hall–Kier alpha value is -6.19. The maximum Gasteiger partial charge on any atom is 0.0541 e. The SMILES string of the molecule is Sc1c(-c2ccccc2)cccc1-c1cc2c3c4c(c5ccccc5c3c1)C=C(c1cccc3c1sc1ccccc13)CC4C21c2ccccc2-c2ccccc21. The van der Waals surface area contributed by atoms with Crippen LogP contribution in [-0.2, 0) is 5.41 Å². The molecule has 1 unspecified atom stereocenters. The van der Waals surface area contributed by atoms with Crippen LogP contribution in [0.4, 0.5) is 0 Å². The molecule has 0 N–H and O–H groups in total. The zero-order valence-corrected chi connectivity index (χ0v) is 32.7. The number of hydrogen-bond acceptors (Lipinski definition) is 2. The Kier molecular flexibility index (Phi) is 6.55. The highest BCUT2D eigenvalue weighted by molar-refractivity contribution is 7.80. The van der Waals surface area contributed by atoms with E-state index in [1.54, 1.807) is 0 Å². The average Bonchev–Trinajstić information content (AvgIpc) is 3.90. The Balaban J connectivity index is 1.17. The Bertz CT molecular complexity index is 3350. The molecule has 2 heteroatoms. The van der Waals surface area contributed by atoms with Gasteiger partial charge >= 0.3 is 0 Å². The van der Waals surface area contributed by atoms with E-state index >= 15 is 0 Å². The summed E-state index contributed by atoms with van der Waals surface area (Å²) >= 11 is 7.26. The second-order valence-electron chi connectivity index (χ2n) is 16.0. The van der Waals surface area contributed by atoms with E-state index < -0.39 is 0 Å². The lowest BCUT2D eigenvalue weighted by molar-refractivity contribution is 0.519. The summed E-state index contributed by atoms with van der Waals surface area (Å²) in [6.07, 6.45) is 3.52. The summed E-state index contributed by atoms with van der Waals surface area (Å²) in [5.74, 6) is 0.199. The third-order valence-corrected chi connectivity index (χ3v) is 15.1. The van der Waals surface area contributed by atoms with Crippen LogP contribution in [0.15, 0.2) is 181 Å². The van der Waals surface area contributed by atoms with Gasteiger partial charge in [0.25, 0.3) is 0 Å². The van der Waals surface area contributed by atoms with Gasteiger partial charge in [-0.25, -0.2) is 0 Å². The molecule has 1 aromatic heterocycles. The van der Waals surface area contributed by atoms with Crippen LogP contribution in [0.25, 0.3) is 86.7 Å². The van der Waals surface area contributed by atoms with Crippen molar-refractivity contribution in [3.63, 3.8) is 0 Å². The molecule has 9 aromatic carbocycles. The van der Waals surface area contributed by atoms with Crippen molar-refractivity contribution in [2.45, 2.75) is 22.6 Å². The Morgan fingerprint density at radius 1 is 0.474 bits per heavy atom. The summed E-state index contributed by atoms with van der Waals surface area (Å²) in [5, 5.41) is 8.10. The van der Waals surface area contributed by atoms with Crippen molar-refractivity contribution in [2.75, 3.05) is 0 Å². The van der Waals surface area contributed by atoms with Crippen molar-refractivity contribution in [3.8, 4) is 33.4 Å². The summed E-state index contributed by atoms with van der Waals surface area (Å²) in [6, 6.07) is 66.0. The number of fused-ring (bicyclic) bond motifs is 13. The molecule has 0 fully saturated rings. The molecule has 1 heterocycles. The fraction of sp³-hybridized carbons (Fsp3) is 0.0545. The molecule has 0 radical (unpaired) electrons. The van der Waals surface area contributed by atoms with Gasteiger partial charge < -0.3 is 0 Å². The van der Waals surface area contributed by atoms with Crippen LogP contribution >= 0.6 is 24.0 Å². The van der Waals surface area contributed by atoms with Crippen molar-refractivity contribution in [1.82, 2.24) is 0 Å².